The van der Waals surface area contributed by atoms with Gasteiger partial charge in [-0.2, -0.15) is 0 Å². The largest absolute Gasteiger partial charge is 0.478 e. The number of carboxylic acid groups (broad SMARTS) is 1. The van der Waals surface area contributed by atoms with Gasteiger partial charge in [0.05, 0.1) is 5.56 Å². The molecule has 0 aliphatic carbocycles. The first-order valence-corrected chi connectivity index (χ1v) is 6.84. The quantitative estimate of drug-likeness (QED) is 0.841. The Kier molecular flexibility index (Phi) is 6.08. The molecule has 0 aromatic heterocycles. The molecule has 0 atom stereocenters. The Morgan fingerprint density at radius 3 is 2.10 bits per heavy atom. The molecule has 1 N–H and O–H groups in total. The molecule has 1 aromatic rings. The smallest absolute Gasteiger partial charge is 0.335 e. The zero-order chi connectivity index (χ0) is 16.2. The topological polar surface area (TPSA) is 43.8 Å². The van der Waals surface area contributed by atoms with E-state index in [0.29, 0.717) is 19.6 Å². The van der Waals surface area contributed by atoms with Crippen LogP contribution in [0.25, 0.3) is 0 Å². The van der Waals surface area contributed by atoms with Crippen molar-refractivity contribution in [2.24, 2.45) is 5.92 Å². The van der Waals surface area contributed by atoms with Gasteiger partial charge in [0.1, 0.15) is 17.3 Å². The number of carbonyl (C=O) groups is 1. The Morgan fingerprint density at radius 1 is 1.19 bits per heavy atom. The number of rotatable bonds is 7. The first-order valence-electron chi connectivity index (χ1n) is 6.84. The van der Waals surface area contributed by atoms with Crippen molar-refractivity contribution >= 4 is 11.7 Å². The summed E-state index contributed by atoms with van der Waals surface area (Å²) in [7, 11) is 3.77. The number of hydrogen-bond donors (Lipinski definition) is 1. The van der Waals surface area contributed by atoms with E-state index in [1.807, 2.05) is 32.8 Å². The third-order valence-electron chi connectivity index (χ3n) is 2.98. The van der Waals surface area contributed by atoms with Crippen LogP contribution < -0.4 is 4.90 Å². The van der Waals surface area contributed by atoms with E-state index in [1.165, 1.54) is 0 Å². The molecule has 0 saturated heterocycles. The molecule has 21 heavy (non-hydrogen) atoms. The van der Waals surface area contributed by atoms with Crippen molar-refractivity contribution < 1.29 is 18.7 Å². The zero-order valence-electron chi connectivity index (χ0n) is 12.9. The van der Waals surface area contributed by atoms with E-state index in [4.69, 9.17) is 5.11 Å². The van der Waals surface area contributed by atoms with Crippen LogP contribution in [-0.4, -0.2) is 49.7 Å². The fraction of sp³-hybridized carbons (Fsp3) is 0.533. The Labute approximate surface area is 124 Å². The highest BCUT2D eigenvalue weighted by atomic mass is 19.1. The van der Waals surface area contributed by atoms with Crippen molar-refractivity contribution in [2.75, 3.05) is 38.6 Å². The Bertz CT molecular complexity index is 481. The molecule has 1 aromatic carbocycles. The van der Waals surface area contributed by atoms with Gasteiger partial charge in [0.15, 0.2) is 0 Å². The van der Waals surface area contributed by atoms with E-state index in [1.54, 1.807) is 4.90 Å². The summed E-state index contributed by atoms with van der Waals surface area (Å²) in [6, 6.07) is 1.73. The molecule has 0 heterocycles. The van der Waals surface area contributed by atoms with Crippen LogP contribution in [0.1, 0.15) is 24.2 Å². The molecule has 4 nitrogen and oxygen atoms in total. The second-order valence-electron chi connectivity index (χ2n) is 5.74. The fourth-order valence-corrected chi connectivity index (χ4v) is 2.05. The van der Waals surface area contributed by atoms with Crippen LogP contribution in [0.5, 0.6) is 0 Å². The molecule has 0 aliphatic rings. The number of benzene rings is 1. The van der Waals surface area contributed by atoms with Crippen LogP contribution in [0, 0.1) is 17.6 Å². The number of nitrogens with zero attached hydrogens (tertiary/aromatic N) is 2. The monoisotopic (exact) mass is 300 g/mol. The zero-order valence-corrected chi connectivity index (χ0v) is 12.9. The molecule has 1 rings (SSSR count). The molecule has 0 radical (unpaired) electrons. The minimum absolute atomic E-state index is 0.157. The maximum Gasteiger partial charge on any atom is 0.335 e. The molecule has 0 fully saturated rings. The summed E-state index contributed by atoms with van der Waals surface area (Å²) >= 11 is 0. The number of hydrogen-bond acceptors (Lipinski definition) is 3. The van der Waals surface area contributed by atoms with Gasteiger partial charge < -0.3 is 14.9 Å². The van der Waals surface area contributed by atoms with Crippen molar-refractivity contribution in [3.8, 4) is 0 Å². The molecule has 6 heteroatoms. The summed E-state index contributed by atoms with van der Waals surface area (Å²) < 4.78 is 28.3. The molecule has 0 spiro atoms. The third-order valence-corrected chi connectivity index (χ3v) is 2.98. The highest BCUT2D eigenvalue weighted by Gasteiger charge is 2.20. The lowest BCUT2D eigenvalue weighted by Crippen LogP contribution is -2.35. The highest BCUT2D eigenvalue weighted by Crippen LogP contribution is 2.26. The second-order valence-corrected chi connectivity index (χ2v) is 5.74. The Morgan fingerprint density at radius 2 is 1.71 bits per heavy atom. The van der Waals surface area contributed by atoms with E-state index < -0.39 is 17.6 Å². The van der Waals surface area contributed by atoms with Crippen molar-refractivity contribution in [3.05, 3.63) is 29.3 Å². The number of likely N-dealkylation sites (N-methyl/N-ethyl adjacent to an activating group) is 1. The minimum Gasteiger partial charge on any atom is -0.478 e. The number of anilines is 1. The van der Waals surface area contributed by atoms with Crippen LogP contribution in [0.15, 0.2) is 12.1 Å². The standard InChI is InChI=1S/C15H22F2N2O2/c1-10(2)9-19(6-5-18(3)4)14-12(16)7-11(15(20)21)8-13(14)17/h7-8,10H,5-6,9H2,1-4H3,(H,20,21). The third kappa shape index (κ3) is 4.97. The summed E-state index contributed by atoms with van der Waals surface area (Å²) in [5, 5.41) is 8.83. The molecule has 0 saturated carbocycles. The van der Waals surface area contributed by atoms with Crippen LogP contribution in [-0.2, 0) is 0 Å². The maximum absolute atomic E-state index is 14.1. The van der Waals surface area contributed by atoms with Crippen molar-refractivity contribution in [2.45, 2.75) is 13.8 Å². The molecule has 118 valence electrons. The predicted octanol–water partition coefficient (Wildman–Crippen LogP) is 2.69. The average Bonchev–Trinajstić information content (AvgIpc) is 2.33. The van der Waals surface area contributed by atoms with E-state index in [9.17, 15) is 13.6 Å². The van der Waals surface area contributed by atoms with Gasteiger partial charge in [0.2, 0.25) is 0 Å². The van der Waals surface area contributed by atoms with E-state index >= 15 is 0 Å². The van der Waals surface area contributed by atoms with Gasteiger partial charge in [-0.1, -0.05) is 13.8 Å². The number of aromatic carboxylic acids is 1. The van der Waals surface area contributed by atoms with Crippen molar-refractivity contribution in [1.82, 2.24) is 4.90 Å². The number of carboxylic acids is 1. The summed E-state index contributed by atoms with van der Waals surface area (Å²) in [6.45, 7) is 5.53. The normalized spacial score (nSPS) is 11.2. The summed E-state index contributed by atoms with van der Waals surface area (Å²) in [4.78, 5) is 14.4. The van der Waals surface area contributed by atoms with Crippen molar-refractivity contribution in [3.63, 3.8) is 0 Å². The first-order chi connectivity index (χ1) is 9.72. The minimum atomic E-state index is -1.34. The van der Waals surface area contributed by atoms with E-state index in [2.05, 4.69) is 0 Å². The molecular formula is C15H22F2N2O2. The second kappa shape index (κ2) is 7.36. The molecule has 0 aliphatic heterocycles. The molecule has 0 unspecified atom stereocenters. The lowest BCUT2D eigenvalue weighted by molar-refractivity contribution is 0.0695. The van der Waals surface area contributed by atoms with Crippen LogP contribution >= 0.6 is 0 Å². The lowest BCUT2D eigenvalue weighted by Gasteiger charge is -2.28. The summed E-state index contributed by atoms with van der Waals surface area (Å²) in [5.74, 6) is -2.80. The first kappa shape index (κ1) is 17.4. The fourth-order valence-electron chi connectivity index (χ4n) is 2.05. The summed E-state index contributed by atoms with van der Waals surface area (Å²) in [5.41, 5.74) is -0.540. The van der Waals surface area contributed by atoms with Gasteiger partial charge in [-0.05, 0) is 32.1 Å². The van der Waals surface area contributed by atoms with E-state index in [0.717, 1.165) is 12.1 Å². The van der Waals surface area contributed by atoms with Gasteiger partial charge in [-0.25, -0.2) is 13.6 Å². The SMILES string of the molecule is CC(C)CN(CCN(C)C)c1c(F)cc(C(=O)O)cc1F. The molecule has 0 bridgehead atoms. The van der Waals surface area contributed by atoms with Crippen LogP contribution in [0.2, 0.25) is 0 Å². The predicted molar refractivity (Wildman–Crippen MR) is 78.9 cm³/mol. The molecule has 0 amide bonds. The van der Waals surface area contributed by atoms with Crippen LogP contribution in [0.3, 0.4) is 0 Å². The maximum atomic E-state index is 14.1. The van der Waals surface area contributed by atoms with Gasteiger partial charge in [-0.15, -0.1) is 0 Å². The lowest BCUT2D eigenvalue weighted by atomic mass is 10.1. The Hall–Kier alpha value is -1.69. The number of halogens is 2. The Balaban J connectivity index is 3.14. The van der Waals surface area contributed by atoms with Crippen LogP contribution in [0.4, 0.5) is 14.5 Å². The van der Waals surface area contributed by atoms with Gasteiger partial charge in [0.25, 0.3) is 0 Å². The highest BCUT2D eigenvalue weighted by molar-refractivity contribution is 5.88. The van der Waals surface area contributed by atoms with Gasteiger partial charge in [-0.3, -0.25) is 0 Å². The van der Waals surface area contributed by atoms with Gasteiger partial charge >= 0.3 is 5.97 Å². The molecular weight excluding hydrogens is 278 g/mol. The van der Waals surface area contributed by atoms with Gasteiger partial charge in [0, 0.05) is 19.6 Å². The van der Waals surface area contributed by atoms with E-state index in [-0.39, 0.29) is 17.2 Å². The summed E-state index contributed by atoms with van der Waals surface area (Å²) in [6.07, 6.45) is 0. The average molecular weight is 300 g/mol. The van der Waals surface area contributed by atoms with Crippen molar-refractivity contribution in [1.29, 1.82) is 0 Å².